The molecule has 2 aromatic rings. The maximum Gasteiger partial charge on any atom is 0.313 e. The zero-order valence-corrected chi connectivity index (χ0v) is 14.1. The number of rotatable bonds is 7. The summed E-state index contributed by atoms with van der Waals surface area (Å²) in [6.45, 7) is 4.14. The number of nitrogens with zero attached hydrogens (tertiary/aromatic N) is 3. The number of nitro groups is 1. The number of non-ortho nitro benzene ring substituents is 1. The molecule has 0 aliphatic heterocycles. The van der Waals surface area contributed by atoms with Crippen molar-refractivity contribution < 1.29 is 14.5 Å². The highest BCUT2D eigenvalue weighted by Gasteiger charge is 2.24. The number of hydrogen-bond donors (Lipinski definition) is 0. The summed E-state index contributed by atoms with van der Waals surface area (Å²) >= 11 is 0. The summed E-state index contributed by atoms with van der Waals surface area (Å²) in [5.74, 6) is -0.921. The first-order chi connectivity index (χ1) is 11.9. The van der Waals surface area contributed by atoms with Gasteiger partial charge >= 0.3 is 5.97 Å². The highest BCUT2D eigenvalue weighted by atomic mass is 16.6. The molecule has 0 bridgehead atoms. The minimum absolute atomic E-state index is 0.0681. The Bertz CT molecular complexity index is 827. The zero-order valence-electron chi connectivity index (χ0n) is 14.1. The van der Waals surface area contributed by atoms with Gasteiger partial charge in [0.2, 0.25) is 0 Å². The summed E-state index contributed by atoms with van der Waals surface area (Å²) < 4.78 is 5.30. The van der Waals surface area contributed by atoms with Crippen LogP contribution in [0.5, 0.6) is 0 Å². The molecular formula is C18H19N3O4. The molecule has 0 amide bonds. The number of carbonyl (C=O) groups is 1. The first-order valence-corrected chi connectivity index (χ1v) is 8.00. The van der Waals surface area contributed by atoms with Crippen molar-refractivity contribution in [3.05, 3.63) is 46.1 Å². The number of hydrogen-bond acceptors (Lipinski definition) is 6. The molecule has 25 heavy (non-hydrogen) atoms. The minimum atomic E-state index is -0.671. The van der Waals surface area contributed by atoms with Crippen LogP contribution in [0.3, 0.4) is 0 Å². The van der Waals surface area contributed by atoms with Crippen molar-refractivity contribution in [2.75, 3.05) is 6.61 Å². The van der Waals surface area contributed by atoms with Crippen molar-refractivity contribution >= 4 is 22.6 Å². The van der Waals surface area contributed by atoms with E-state index in [1.165, 1.54) is 12.3 Å². The maximum absolute atomic E-state index is 12.4. The van der Waals surface area contributed by atoms with Gasteiger partial charge in [-0.05, 0) is 30.0 Å². The number of nitro benzene ring substituents is 1. The van der Waals surface area contributed by atoms with E-state index >= 15 is 0 Å². The number of aromatic nitrogens is 1. The number of benzene rings is 1. The first kappa shape index (κ1) is 18.3. The number of pyridine rings is 1. The molecule has 0 aliphatic rings. The smallest absolute Gasteiger partial charge is 0.313 e. The van der Waals surface area contributed by atoms with Crippen molar-refractivity contribution in [1.82, 2.24) is 4.98 Å². The number of ether oxygens (including phenoxy) is 1. The molecule has 0 radical (unpaired) electrons. The summed E-state index contributed by atoms with van der Waals surface area (Å²) in [6.07, 6.45) is 1.97. The van der Waals surface area contributed by atoms with Gasteiger partial charge in [0.25, 0.3) is 5.69 Å². The van der Waals surface area contributed by atoms with Crippen LogP contribution >= 0.6 is 0 Å². The highest BCUT2D eigenvalue weighted by molar-refractivity contribution is 5.89. The molecule has 130 valence electrons. The van der Waals surface area contributed by atoms with E-state index in [-0.39, 0.29) is 31.1 Å². The van der Waals surface area contributed by atoms with Crippen molar-refractivity contribution in [2.45, 2.75) is 32.6 Å². The van der Waals surface area contributed by atoms with Gasteiger partial charge in [0, 0.05) is 18.7 Å². The van der Waals surface area contributed by atoms with Gasteiger partial charge in [0.05, 0.1) is 34.4 Å². The van der Waals surface area contributed by atoms with Crippen LogP contribution in [0.1, 0.15) is 38.2 Å². The third kappa shape index (κ3) is 4.51. The van der Waals surface area contributed by atoms with Gasteiger partial charge in [-0.2, -0.15) is 5.26 Å². The number of nitriles is 1. The molecule has 1 aromatic heterocycles. The summed E-state index contributed by atoms with van der Waals surface area (Å²) in [5.41, 5.74) is 0.930. The Kier molecular flexibility index (Phi) is 6.01. The Morgan fingerprint density at radius 3 is 2.84 bits per heavy atom. The first-order valence-electron chi connectivity index (χ1n) is 8.00. The fourth-order valence-corrected chi connectivity index (χ4v) is 2.48. The average molecular weight is 341 g/mol. The molecule has 7 nitrogen and oxygen atoms in total. The molecule has 0 saturated heterocycles. The lowest BCUT2D eigenvalue weighted by molar-refractivity contribution is -0.383. The van der Waals surface area contributed by atoms with Crippen molar-refractivity contribution in [2.24, 2.45) is 5.92 Å². The zero-order chi connectivity index (χ0) is 18.4. The number of fused-ring (bicyclic) bond motifs is 1. The van der Waals surface area contributed by atoms with Crippen LogP contribution in [0, 0.1) is 27.4 Å². The molecule has 0 N–H and O–H groups in total. The Labute approximate surface area is 145 Å². The minimum Gasteiger partial charge on any atom is -0.465 e. The highest BCUT2D eigenvalue weighted by Crippen LogP contribution is 2.29. The monoisotopic (exact) mass is 341 g/mol. The summed E-state index contributed by atoms with van der Waals surface area (Å²) in [4.78, 5) is 27.4. The van der Waals surface area contributed by atoms with Crippen molar-refractivity contribution in [3.63, 3.8) is 0 Å². The quantitative estimate of drug-likeness (QED) is 0.431. The molecule has 0 fully saturated rings. The fourth-order valence-electron chi connectivity index (χ4n) is 2.48. The molecule has 1 atom stereocenters. The Morgan fingerprint density at radius 2 is 2.20 bits per heavy atom. The Morgan fingerprint density at radius 1 is 1.44 bits per heavy atom. The van der Waals surface area contributed by atoms with E-state index in [9.17, 15) is 14.9 Å². The predicted molar refractivity (Wildman–Crippen MR) is 91.8 cm³/mol. The molecule has 0 spiro atoms. The van der Waals surface area contributed by atoms with Gasteiger partial charge in [-0.1, -0.05) is 19.9 Å². The molecule has 0 saturated carbocycles. The molecule has 7 heteroatoms. The molecule has 2 rings (SSSR count). The Balaban J connectivity index is 2.42. The van der Waals surface area contributed by atoms with Crippen LogP contribution in [0.25, 0.3) is 10.9 Å². The second kappa shape index (κ2) is 8.20. The van der Waals surface area contributed by atoms with Gasteiger partial charge in [-0.25, -0.2) is 0 Å². The molecule has 1 aromatic carbocycles. The number of esters is 1. The maximum atomic E-state index is 12.4. The Hall–Kier alpha value is -3.01. The third-order valence-electron chi connectivity index (χ3n) is 3.71. The second-order valence-electron chi connectivity index (χ2n) is 6.14. The molecule has 1 unspecified atom stereocenters. The topological polar surface area (TPSA) is 106 Å². The van der Waals surface area contributed by atoms with Crippen LogP contribution in [-0.4, -0.2) is 22.5 Å². The summed E-state index contributed by atoms with van der Waals surface area (Å²) in [6, 6.07) is 8.25. The van der Waals surface area contributed by atoms with Gasteiger partial charge in [-0.3, -0.25) is 19.9 Å². The lowest BCUT2D eigenvalue weighted by atomic mass is 9.94. The van der Waals surface area contributed by atoms with Crippen molar-refractivity contribution in [3.8, 4) is 6.07 Å². The van der Waals surface area contributed by atoms with Crippen LogP contribution in [0.2, 0.25) is 0 Å². The van der Waals surface area contributed by atoms with E-state index in [2.05, 4.69) is 4.98 Å². The van der Waals surface area contributed by atoms with E-state index in [0.717, 1.165) is 0 Å². The summed E-state index contributed by atoms with van der Waals surface area (Å²) in [5, 5.41) is 20.4. The van der Waals surface area contributed by atoms with Crippen LogP contribution < -0.4 is 0 Å². The van der Waals surface area contributed by atoms with Gasteiger partial charge in [0.15, 0.2) is 0 Å². The van der Waals surface area contributed by atoms with Gasteiger partial charge in [-0.15, -0.1) is 0 Å². The molecule has 1 heterocycles. The third-order valence-corrected chi connectivity index (χ3v) is 3.71. The van der Waals surface area contributed by atoms with Crippen LogP contribution in [0.15, 0.2) is 30.5 Å². The SMILES string of the molecule is CC(C)COC(=O)C(CCC#N)c1cnc2cccc([N+](=O)[O-])c2c1. The van der Waals surface area contributed by atoms with Crippen LogP contribution in [-0.2, 0) is 9.53 Å². The van der Waals surface area contributed by atoms with Gasteiger partial charge in [0.1, 0.15) is 0 Å². The van der Waals surface area contributed by atoms with E-state index in [1.54, 1.807) is 18.2 Å². The molecule has 0 aliphatic carbocycles. The summed E-state index contributed by atoms with van der Waals surface area (Å²) in [7, 11) is 0. The van der Waals surface area contributed by atoms with E-state index in [4.69, 9.17) is 10.00 Å². The normalized spacial score (nSPS) is 11.9. The van der Waals surface area contributed by atoms with Crippen LogP contribution in [0.4, 0.5) is 5.69 Å². The van der Waals surface area contributed by atoms with Crippen molar-refractivity contribution in [1.29, 1.82) is 5.26 Å². The average Bonchev–Trinajstić information content (AvgIpc) is 2.59. The predicted octanol–water partition coefficient (Wildman–Crippen LogP) is 3.73. The lowest BCUT2D eigenvalue weighted by Gasteiger charge is -2.16. The number of carbonyl (C=O) groups excluding carboxylic acids is 1. The van der Waals surface area contributed by atoms with Gasteiger partial charge < -0.3 is 4.74 Å². The standard InChI is InChI=1S/C18H19N3O4/c1-12(2)11-25-18(22)14(5-4-8-19)13-9-15-16(20-10-13)6-3-7-17(15)21(23)24/h3,6-7,9-10,12,14H,4-5,11H2,1-2H3. The van der Waals surface area contributed by atoms with E-state index < -0.39 is 16.8 Å². The van der Waals surface area contributed by atoms with E-state index in [0.29, 0.717) is 16.5 Å². The largest absolute Gasteiger partial charge is 0.465 e. The molecular weight excluding hydrogens is 322 g/mol. The van der Waals surface area contributed by atoms with E-state index in [1.807, 2.05) is 19.9 Å². The second-order valence-corrected chi connectivity index (χ2v) is 6.14. The fraction of sp³-hybridized carbons (Fsp3) is 0.389. The lowest BCUT2D eigenvalue weighted by Crippen LogP contribution is -2.18.